The highest BCUT2D eigenvalue weighted by molar-refractivity contribution is 5.31. The van der Waals surface area contributed by atoms with Gasteiger partial charge in [0.2, 0.25) is 5.95 Å². The van der Waals surface area contributed by atoms with Gasteiger partial charge < -0.3 is 15.0 Å². The fourth-order valence-corrected chi connectivity index (χ4v) is 2.63. The molecule has 1 aromatic heterocycles. The highest BCUT2D eigenvalue weighted by Crippen LogP contribution is 2.22. The van der Waals surface area contributed by atoms with Gasteiger partial charge in [-0.15, -0.1) is 0 Å². The summed E-state index contributed by atoms with van der Waals surface area (Å²) in [6, 6.07) is 0. The molecule has 0 saturated carbocycles. The Morgan fingerprint density at radius 3 is 2.71 bits per heavy atom. The summed E-state index contributed by atoms with van der Waals surface area (Å²) in [5.41, 5.74) is 1.13. The van der Waals surface area contributed by atoms with Crippen molar-refractivity contribution in [2.75, 3.05) is 31.6 Å². The van der Waals surface area contributed by atoms with E-state index in [1.165, 1.54) is 0 Å². The summed E-state index contributed by atoms with van der Waals surface area (Å²) in [4.78, 5) is 11.2. The second-order valence-corrected chi connectivity index (χ2v) is 6.40. The number of rotatable bonds is 6. The first-order chi connectivity index (χ1) is 10.1. The molecule has 5 heteroatoms. The maximum Gasteiger partial charge on any atom is 0.225 e. The number of ether oxygens (including phenoxy) is 1. The lowest BCUT2D eigenvalue weighted by atomic mass is 9.96. The minimum absolute atomic E-state index is 0.273. The summed E-state index contributed by atoms with van der Waals surface area (Å²) in [5, 5.41) is 3.41. The van der Waals surface area contributed by atoms with E-state index in [0.29, 0.717) is 11.8 Å². The maximum atomic E-state index is 5.55. The first-order valence-electron chi connectivity index (χ1n) is 7.89. The number of methoxy groups -OCH3 is 1. The van der Waals surface area contributed by atoms with Crippen LogP contribution >= 0.6 is 0 Å². The fourth-order valence-electron chi connectivity index (χ4n) is 2.63. The van der Waals surface area contributed by atoms with E-state index in [0.717, 1.165) is 44.1 Å². The van der Waals surface area contributed by atoms with Crippen LogP contribution in [0.4, 0.5) is 5.95 Å². The molecule has 1 aliphatic rings. The molecule has 0 bridgehead atoms. The molecule has 1 saturated heterocycles. The van der Waals surface area contributed by atoms with Gasteiger partial charge in [-0.05, 0) is 24.8 Å². The van der Waals surface area contributed by atoms with Crippen molar-refractivity contribution < 1.29 is 4.74 Å². The molecule has 118 valence electrons. The van der Waals surface area contributed by atoms with Gasteiger partial charge in [-0.3, -0.25) is 0 Å². The SMILES string of the molecule is COC1CN(c2ncc(CNCC(C)C)cn2)CCC1C. The van der Waals surface area contributed by atoms with Crippen molar-refractivity contribution in [3.63, 3.8) is 0 Å². The number of nitrogens with one attached hydrogen (secondary N) is 1. The molecule has 2 heterocycles. The van der Waals surface area contributed by atoms with Gasteiger partial charge in [-0.2, -0.15) is 0 Å². The lowest BCUT2D eigenvalue weighted by molar-refractivity contribution is 0.0494. The fraction of sp³-hybridized carbons (Fsp3) is 0.750. The third-order valence-corrected chi connectivity index (χ3v) is 4.05. The molecule has 1 aromatic rings. The van der Waals surface area contributed by atoms with Gasteiger partial charge in [0.25, 0.3) is 0 Å². The van der Waals surface area contributed by atoms with Crippen molar-refractivity contribution in [1.82, 2.24) is 15.3 Å². The van der Waals surface area contributed by atoms with Crippen molar-refractivity contribution in [3.05, 3.63) is 18.0 Å². The number of hydrogen-bond donors (Lipinski definition) is 1. The van der Waals surface area contributed by atoms with Crippen molar-refractivity contribution in [3.8, 4) is 0 Å². The van der Waals surface area contributed by atoms with Crippen LogP contribution in [0.3, 0.4) is 0 Å². The maximum absolute atomic E-state index is 5.55. The van der Waals surface area contributed by atoms with E-state index in [1.54, 1.807) is 7.11 Å². The van der Waals surface area contributed by atoms with Crippen molar-refractivity contribution in [1.29, 1.82) is 0 Å². The monoisotopic (exact) mass is 292 g/mol. The average molecular weight is 292 g/mol. The second kappa shape index (κ2) is 7.71. The molecule has 2 atom stereocenters. The molecule has 0 spiro atoms. The second-order valence-electron chi connectivity index (χ2n) is 6.40. The van der Waals surface area contributed by atoms with Crippen LogP contribution in [0.5, 0.6) is 0 Å². The summed E-state index contributed by atoms with van der Waals surface area (Å²) in [6.07, 6.45) is 5.25. The number of piperidine rings is 1. The van der Waals surface area contributed by atoms with Gasteiger partial charge in [-0.25, -0.2) is 9.97 Å². The van der Waals surface area contributed by atoms with Crippen molar-refractivity contribution in [2.45, 2.75) is 39.8 Å². The van der Waals surface area contributed by atoms with Gasteiger partial charge >= 0.3 is 0 Å². The van der Waals surface area contributed by atoms with Gasteiger partial charge in [0, 0.05) is 44.7 Å². The summed E-state index contributed by atoms with van der Waals surface area (Å²) < 4.78 is 5.55. The van der Waals surface area contributed by atoms with E-state index in [9.17, 15) is 0 Å². The lowest BCUT2D eigenvalue weighted by Gasteiger charge is -2.36. The van der Waals surface area contributed by atoms with E-state index in [-0.39, 0.29) is 6.10 Å². The van der Waals surface area contributed by atoms with Crippen LogP contribution < -0.4 is 10.2 Å². The topological polar surface area (TPSA) is 50.3 Å². The predicted octanol–water partition coefficient (Wildman–Crippen LogP) is 2.08. The van der Waals surface area contributed by atoms with Crippen LogP contribution in [-0.2, 0) is 11.3 Å². The molecule has 0 radical (unpaired) electrons. The summed E-state index contributed by atoms with van der Waals surface area (Å²) in [5.74, 6) is 2.08. The van der Waals surface area contributed by atoms with Crippen LogP contribution in [-0.4, -0.2) is 42.8 Å². The van der Waals surface area contributed by atoms with Gasteiger partial charge in [-0.1, -0.05) is 20.8 Å². The highest BCUT2D eigenvalue weighted by Gasteiger charge is 2.27. The molecule has 2 rings (SSSR count). The van der Waals surface area contributed by atoms with Gasteiger partial charge in [0.05, 0.1) is 6.10 Å². The number of hydrogen-bond acceptors (Lipinski definition) is 5. The van der Waals surface area contributed by atoms with Crippen LogP contribution in [0.2, 0.25) is 0 Å². The minimum atomic E-state index is 0.273. The van der Waals surface area contributed by atoms with Crippen LogP contribution in [0.1, 0.15) is 32.8 Å². The molecular formula is C16H28N4O. The standard InChI is InChI=1S/C16H28N4O/c1-12(2)7-17-8-14-9-18-16(19-10-14)20-6-5-13(3)15(11-20)21-4/h9-10,12-13,15,17H,5-8,11H2,1-4H3. The molecular weight excluding hydrogens is 264 g/mol. The molecule has 0 aromatic carbocycles. The van der Waals surface area contributed by atoms with E-state index >= 15 is 0 Å². The number of nitrogens with zero attached hydrogens (tertiary/aromatic N) is 3. The van der Waals surface area contributed by atoms with Crippen molar-refractivity contribution >= 4 is 5.95 Å². The van der Waals surface area contributed by atoms with E-state index < -0.39 is 0 Å². The van der Waals surface area contributed by atoms with Gasteiger partial charge in [0.15, 0.2) is 0 Å². The van der Waals surface area contributed by atoms with E-state index in [2.05, 4.69) is 41.0 Å². The molecule has 1 fully saturated rings. The minimum Gasteiger partial charge on any atom is -0.379 e. The Morgan fingerprint density at radius 1 is 1.38 bits per heavy atom. The van der Waals surface area contributed by atoms with Crippen LogP contribution in [0.15, 0.2) is 12.4 Å². The zero-order valence-electron chi connectivity index (χ0n) is 13.7. The highest BCUT2D eigenvalue weighted by atomic mass is 16.5. The largest absolute Gasteiger partial charge is 0.379 e. The molecule has 2 unspecified atom stereocenters. The third-order valence-electron chi connectivity index (χ3n) is 4.05. The molecule has 0 aliphatic carbocycles. The van der Waals surface area contributed by atoms with E-state index in [4.69, 9.17) is 4.74 Å². The lowest BCUT2D eigenvalue weighted by Crippen LogP contribution is -2.44. The van der Waals surface area contributed by atoms with Crippen molar-refractivity contribution in [2.24, 2.45) is 11.8 Å². The number of anilines is 1. The first-order valence-corrected chi connectivity index (χ1v) is 7.89. The Bertz CT molecular complexity index is 421. The Balaban J connectivity index is 1.89. The summed E-state index contributed by atoms with van der Waals surface area (Å²) in [6.45, 7) is 10.4. The Labute approximate surface area is 128 Å². The Kier molecular flexibility index (Phi) is 5.94. The quantitative estimate of drug-likeness (QED) is 0.870. The zero-order chi connectivity index (χ0) is 15.2. The Morgan fingerprint density at radius 2 is 2.10 bits per heavy atom. The molecule has 21 heavy (non-hydrogen) atoms. The zero-order valence-corrected chi connectivity index (χ0v) is 13.7. The smallest absolute Gasteiger partial charge is 0.225 e. The number of aromatic nitrogens is 2. The first kappa shape index (κ1) is 16.2. The van der Waals surface area contributed by atoms with Gasteiger partial charge in [0.1, 0.15) is 0 Å². The normalized spacial score (nSPS) is 22.8. The third kappa shape index (κ3) is 4.64. The average Bonchev–Trinajstić information content (AvgIpc) is 2.48. The molecule has 5 nitrogen and oxygen atoms in total. The van der Waals surface area contributed by atoms with E-state index in [1.807, 2.05) is 12.4 Å². The summed E-state index contributed by atoms with van der Waals surface area (Å²) >= 11 is 0. The van der Waals surface area contributed by atoms with Crippen LogP contribution in [0, 0.1) is 11.8 Å². The summed E-state index contributed by atoms with van der Waals surface area (Å²) in [7, 11) is 1.79. The molecule has 1 N–H and O–H groups in total. The Hall–Kier alpha value is -1.20. The molecule has 0 amide bonds. The van der Waals surface area contributed by atoms with Crippen LogP contribution in [0.25, 0.3) is 0 Å². The molecule has 1 aliphatic heterocycles. The predicted molar refractivity (Wildman–Crippen MR) is 85.4 cm³/mol.